The summed E-state index contributed by atoms with van der Waals surface area (Å²) < 4.78 is 29.0. The number of fused-ring (bicyclic) bond motifs is 1. The summed E-state index contributed by atoms with van der Waals surface area (Å²) in [5.41, 5.74) is 3.96. The molecule has 0 fully saturated rings. The van der Waals surface area contributed by atoms with Crippen LogP contribution in [0.4, 0.5) is 0 Å². The van der Waals surface area contributed by atoms with E-state index in [1.54, 1.807) is 4.31 Å². The van der Waals surface area contributed by atoms with Crippen molar-refractivity contribution in [3.8, 4) is 0 Å². The first-order chi connectivity index (χ1) is 10.4. The Balaban J connectivity index is 1.83. The molecule has 2 aromatic rings. The maximum Gasteiger partial charge on any atom is 0.218 e. The number of nitrogens with zero attached hydrogens (tertiary/aromatic N) is 3. The summed E-state index contributed by atoms with van der Waals surface area (Å²) in [5, 5.41) is 0. The second kappa shape index (κ2) is 5.52. The molecule has 0 spiro atoms. The van der Waals surface area contributed by atoms with Crippen LogP contribution < -0.4 is 0 Å². The van der Waals surface area contributed by atoms with Crippen molar-refractivity contribution >= 4 is 10.0 Å². The SMILES string of the molecule is Cc1cccc(CS(=O)(=O)N2CCc3nc(C)n(C)c3C2)c1. The number of hydrogen-bond acceptors (Lipinski definition) is 3. The normalized spacial score (nSPS) is 15.8. The third kappa shape index (κ3) is 2.80. The molecule has 1 aromatic carbocycles. The Morgan fingerprint density at radius 3 is 2.77 bits per heavy atom. The van der Waals surface area contributed by atoms with Crippen molar-refractivity contribution in [3.05, 3.63) is 52.6 Å². The first-order valence-corrected chi connectivity index (χ1v) is 9.02. The molecule has 1 aliphatic heterocycles. The third-order valence-corrected chi connectivity index (χ3v) is 6.07. The average Bonchev–Trinajstić information content (AvgIpc) is 2.73. The molecule has 22 heavy (non-hydrogen) atoms. The zero-order chi connectivity index (χ0) is 15.9. The first kappa shape index (κ1) is 15.2. The molecule has 0 amide bonds. The summed E-state index contributed by atoms with van der Waals surface area (Å²) in [7, 11) is -1.37. The van der Waals surface area contributed by atoms with Crippen LogP contribution in [0.2, 0.25) is 0 Å². The lowest BCUT2D eigenvalue weighted by Crippen LogP contribution is -2.37. The highest BCUT2D eigenvalue weighted by atomic mass is 32.2. The van der Waals surface area contributed by atoms with Gasteiger partial charge in [-0.2, -0.15) is 4.31 Å². The molecule has 0 radical (unpaired) electrons. The number of imidazole rings is 1. The van der Waals surface area contributed by atoms with E-state index in [1.807, 2.05) is 49.7 Å². The lowest BCUT2D eigenvalue weighted by Gasteiger charge is -2.26. The molecule has 0 unspecified atom stereocenters. The molecule has 0 saturated carbocycles. The number of aryl methyl sites for hydroxylation is 2. The molecule has 2 heterocycles. The van der Waals surface area contributed by atoms with Gasteiger partial charge in [-0.15, -0.1) is 0 Å². The van der Waals surface area contributed by atoms with Gasteiger partial charge in [-0.1, -0.05) is 29.8 Å². The smallest absolute Gasteiger partial charge is 0.218 e. The predicted octanol–water partition coefficient (Wildman–Crippen LogP) is 1.93. The van der Waals surface area contributed by atoms with Crippen LogP contribution in [0.5, 0.6) is 0 Å². The van der Waals surface area contributed by atoms with E-state index in [0.29, 0.717) is 19.5 Å². The van der Waals surface area contributed by atoms with Crippen molar-refractivity contribution in [2.75, 3.05) is 6.54 Å². The fraction of sp³-hybridized carbons (Fsp3) is 0.438. The molecule has 1 aliphatic rings. The lowest BCUT2D eigenvalue weighted by molar-refractivity contribution is 0.379. The van der Waals surface area contributed by atoms with Gasteiger partial charge >= 0.3 is 0 Å². The van der Waals surface area contributed by atoms with E-state index in [-0.39, 0.29) is 5.75 Å². The fourth-order valence-corrected chi connectivity index (χ4v) is 4.41. The molecular formula is C16H21N3O2S. The number of benzene rings is 1. The van der Waals surface area contributed by atoms with E-state index < -0.39 is 10.0 Å². The van der Waals surface area contributed by atoms with Crippen molar-refractivity contribution < 1.29 is 8.42 Å². The Kier molecular flexibility index (Phi) is 3.82. The van der Waals surface area contributed by atoms with Gasteiger partial charge in [0.05, 0.1) is 23.7 Å². The van der Waals surface area contributed by atoms with Crippen LogP contribution in [-0.4, -0.2) is 28.8 Å². The second-order valence-electron chi connectivity index (χ2n) is 5.94. The standard InChI is InChI=1S/C16H21N3O2S/c1-12-5-4-6-14(9-12)11-22(20,21)19-8-7-15-16(10-19)18(3)13(2)17-15/h4-6,9H,7-8,10-11H2,1-3H3. The minimum absolute atomic E-state index is 0.0564. The molecule has 0 aliphatic carbocycles. The van der Waals surface area contributed by atoms with Crippen LogP contribution in [0.25, 0.3) is 0 Å². The number of sulfonamides is 1. The topological polar surface area (TPSA) is 55.2 Å². The Bertz CT molecular complexity index is 809. The minimum atomic E-state index is -3.31. The molecule has 3 rings (SSSR count). The van der Waals surface area contributed by atoms with Crippen molar-refractivity contribution in [3.63, 3.8) is 0 Å². The maximum atomic E-state index is 12.7. The summed E-state index contributed by atoms with van der Waals surface area (Å²) in [4.78, 5) is 4.50. The van der Waals surface area contributed by atoms with Gasteiger partial charge in [0.2, 0.25) is 10.0 Å². The van der Waals surface area contributed by atoms with Gasteiger partial charge < -0.3 is 4.57 Å². The average molecular weight is 319 g/mol. The highest BCUT2D eigenvalue weighted by Crippen LogP contribution is 2.23. The van der Waals surface area contributed by atoms with E-state index in [2.05, 4.69) is 4.98 Å². The first-order valence-electron chi connectivity index (χ1n) is 7.41. The van der Waals surface area contributed by atoms with Crippen LogP contribution in [0.3, 0.4) is 0 Å². The largest absolute Gasteiger partial charge is 0.334 e. The molecule has 118 valence electrons. The Morgan fingerprint density at radius 2 is 2.05 bits per heavy atom. The van der Waals surface area contributed by atoms with Gasteiger partial charge in [0, 0.05) is 20.0 Å². The molecule has 6 heteroatoms. The lowest BCUT2D eigenvalue weighted by atomic mass is 10.2. The van der Waals surface area contributed by atoms with Gasteiger partial charge in [-0.3, -0.25) is 0 Å². The molecule has 0 atom stereocenters. The minimum Gasteiger partial charge on any atom is -0.334 e. The van der Waals surface area contributed by atoms with Crippen LogP contribution in [0.1, 0.15) is 28.3 Å². The third-order valence-electron chi connectivity index (χ3n) is 4.27. The molecule has 0 N–H and O–H groups in total. The van der Waals surface area contributed by atoms with E-state index in [1.165, 1.54) is 0 Å². The van der Waals surface area contributed by atoms with E-state index in [0.717, 1.165) is 28.3 Å². The van der Waals surface area contributed by atoms with Crippen LogP contribution in [0.15, 0.2) is 24.3 Å². The summed E-state index contributed by atoms with van der Waals surface area (Å²) >= 11 is 0. The summed E-state index contributed by atoms with van der Waals surface area (Å²) in [6, 6.07) is 7.68. The summed E-state index contributed by atoms with van der Waals surface area (Å²) in [6.45, 7) is 4.85. The number of rotatable bonds is 3. The highest BCUT2D eigenvalue weighted by Gasteiger charge is 2.29. The fourth-order valence-electron chi connectivity index (χ4n) is 2.94. The number of aromatic nitrogens is 2. The van der Waals surface area contributed by atoms with E-state index in [4.69, 9.17) is 0 Å². The van der Waals surface area contributed by atoms with E-state index in [9.17, 15) is 8.42 Å². The zero-order valence-electron chi connectivity index (χ0n) is 13.2. The molecule has 0 bridgehead atoms. The molecule has 0 saturated heterocycles. The zero-order valence-corrected chi connectivity index (χ0v) is 14.0. The second-order valence-corrected chi connectivity index (χ2v) is 7.91. The summed E-state index contributed by atoms with van der Waals surface area (Å²) in [5.74, 6) is 0.990. The monoisotopic (exact) mass is 319 g/mol. The van der Waals surface area contributed by atoms with Crippen LogP contribution >= 0.6 is 0 Å². The van der Waals surface area contributed by atoms with Gasteiger partial charge in [0.15, 0.2) is 0 Å². The van der Waals surface area contributed by atoms with Crippen LogP contribution in [-0.2, 0) is 35.8 Å². The van der Waals surface area contributed by atoms with Crippen molar-refractivity contribution in [2.24, 2.45) is 7.05 Å². The maximum absolute atomic E-state index is 12.7. The Labute approximate surface area is 131 Å². The van der Waals surface area contributed by atoms with Crippen molar-refractivity contribution in [2.45, 2.75) is 32.6 Å². The van der Waals surface area contributed by atoms with Crippen LogP contribution in [0, 0.1) is 13.8 Å². The molecule has 1 aromatic heterocycles. The highest BCUT2D eigenvalue weighted by molar-refractivity contribution is 7.88. The van der Waals surface area contributed by atoms with E-state index >= 15 is 0 Å². The van der Waals surface area contributed by atoms with Crippen molar-refractivity contribution in [1.82, 2.24) is 13.9 Å². The Morgan fingerprint density at radius 1 is 1.27 bits per heavy atom. The number of hydrogen-bond donors (Lipinski definition) is 0. The quantitative estimate of drug-likeness (QED) is 0.868. The molecule has 5 nitrogen and oxygen atoms in total. The Hall–Kier alpha value is -1.66. The van der Waals surface area contributed by atoms with Gasteiger partial charge in [0.1, 0.15) is 5.82 Å². The molecular weight excluding hydrogens is 298 g/mol. The summed E-state index contributed by atoms with van der Waals surface area (Å²) in [6.07, 6.45) is 0.685. The van der Waals surface area contributed by atoms with Gasteiger partial charge in [0.25, 0.3) is 0 Å². The predicted molar refractivity (Wildman–Crippen MR) is 85.9 cm³/mol. The van der Waals surface area contributed by atoms with Gasteiger partial charge in [-0.05, 0) is 19.4 Å². The van der Waals surface area contributed by atoms with Crippen molar-refractivity contribution in [1.29, 1.82) is 0 Å². The van der Waals surface area contributed by atoms with Gasteiger partial charge in [-0.25, -0.2) is 13.4 Å².